The highest BCUT2D eigenvalue weighted by Crippen LogP contribution is 2.22. The first-order valence-electron chi connectivity index (χ1n) is 7.57. The van der Waals surface area contributed by atoms with E-state index in [1.54, 1.807) is 0 Å². The van der Waals surface area contributed by atoms with E-state index in [9.17, 15) is 13.2 Å². The van der Waals surface area contributed by atoms with Crippen molar-refractivity contribution in [3.05, 3.63) is 35.9 Å². The quantitative estimate of drug-likeness (QED) is 0.856. The number of hydrogen-bond donors (Lipinski definition) is 2. The van der Waals surface area contributed by atoms with E-state index in [1.807, 2.05) is 13.1 Å². The Bertz CT molecular complexity index is 476. The molecular weight excluding hydrogens is 327 g/mol. The van der Waals surface area contributed by atoms with Crippen molar-refractivity contribution >= 4 is 5.97 Å². The van der Waals surface area contributed by atoms with E-state index >= 15 is 0 Å². The number of likely N-dealkylation sites (N-methyl/N-ethyl adjacent to an activating group) is 1. The average molecular weight is 349 g/mol. The molecule has 8 heteroatoms. The van der Waals surface area contributed by atoms with Crippen LogP contribution in [-0.4, -0.2) is 50.2 Å². The Labute approximate surface area is 138 Å². The number of carbonyl (C=O) groups is 1. The van der Waals surface area contributed by atoms with Gasteiger partial charge in [-0.05, 0) is 25.5 Å². The molecule has 2 N–H and O–H groups in total. The van der Waals surface area contributed by atoms with Gasteiger partial charge in [0.2, 0.25) is 0 Å². The second-order valence-electron chi connectivity index (χ2n) is 5.21. The van der Waals surface area contributed by atoms with Gasteiger partial charge >= 0.3 is 12.1 Å². The summed E-state index contributed by atoms with van der Waals surface area (Å²) in [7, 11) is 1.96. The van der Waals surface area contributed by atoms with Crippen molar-refractivity contribution in [3.8, 4) is 0 Å². The maximum Gasteiger partial charge on any atom is 0.490 e. The Balaban J connectivity index is 0.000000351. The number of rotatable bonds is 5. The van der Waals surface area contributed by atoms with Gasteiger partial charge in [-0.25, -0.2) is 4.79 Å². The first kappa shape index (κ1) is 20.4. The van der Waals surface area contributed by atoms with Crippen molar-refractivity contribution < 1.29 is 32.5 Å². The van der Waals surface area contributed by atoms with Gasteiger partial charge < -0.3 is 19.9 Å². The van der Waals surface area contributed by atoms with Crippen molar-refractivity contribution in [2.45, 2.75) is 31.2 Å². The van der Waals surface area contributed by atoms with Gasteiger partial charge in [0, 0.05) is 19.8 Å². The SMILES string of the molecule is CNCC(OC1CCOCC1)c1ccccc1.O=C(O)C(F)(F)F. The molecule has 136 valence electrons. The lowest BCUT2D eigenvalue weighted by Gasteiger charge is -2.28. The molecule has 1 unspecified atom stereocenters. The molecule has 0 saturated carbocycles. The monoisotopic (exact) mass is 349 g/mol. The lowest BCUT2D eigenvalue weighted by molar-refractivity contribution is -0.192. The number of carboxylic acid groups (broad SMARTS) is 1. The van der Waals surface area contributed by atoms with E-state index in [4.69, 9.17) is 19.4 Å². The summed E-state index contributed by atoms with van der Waals surface area (Å²) in [5.41, 5.74) is 1.24. The first-order valence-corrected chi connectivity index (χ1v) is 7.57. The Kier molecular flexibility index (Phi) is 8.73. The number of benzene rings is 1. The van der Waals surface area contributed by atoms with Crippen LogP contribution in [0.4, 0.5) is 13.2 Å². The van der Waals surface area contributed by atoms with E-state index in [0.29, 0.717) is 6.10 Å². The van der Waals surface area contributed by atoms with Gasteiger partial charge in [0.15, 0.2) is 0 Å². The molecule has 0 bridgehead atoms. The van der Waals surface area contributed by atoms with E-state index < -0.39 is 12.1 Å². The Morgan fingerprint density at radius 3 is 2.33 bits per heavy atom. The second-order valence-corrected chi connectivity index (χ2v) is 5.21. The van der Waals surface area contributed by atoms with Crippen molar-refractivity contribution in [1.29, 1.82) is 0 Å². The predicted molar refractivity (Wildman–Crippen MR) is 81.7 cm³/mol. The van der Waals surface area contributed by atoms with Crippen LogP contribution in [0, 0.1) is 0 Å². The molecule has 0 spiro atoms. The molecule has 24 heavy (non-hydrogen) atoms. The molecule has 2 rings (SSSR count). The van der Waals surface area contributed by atoms with Gasteiger partial charge in [-0.3, -0.25) is 0 Å². The molecular formula is C16H22F3NO4. The highest BCUT2D eigenvalue weighted by atomic mass is 19.4. The van der Waals surface area contributed by atoms with E-state index in [2.05, 4.69) is 29.6 Å². The largest absolute Gasteiger partial charge is 0.490 e. The first-order chi connectivity index (χ1) is 11.3. The predicted octanol–water partition coefficient (Wildman–Crippen LogP) is 2.78. The third-order valence-electron chi connectivity index (χ3n) is 3.33. The minimum absolute atomic E-state index is 0.143. The lowest BCUT2D eigenvalue weighted by atomic mass is 10.1. The molecule has 1 aromatic carbocycles. The molecule has 1 heterocycles. The summed E-state index contributed by atoms with van der Waals surface area (Å²) in [4.78, 5) is 8.90. The van der Waals surface area contributed by atoms with Crippen LogP contribution in [0.25, 0.3) is 0 Å². The van der Waals surface area contributed by atoms with Gasteiger partial charge in [-0.2, -0.15) is 13.2 Å². The van der Waals surface area contributed by atoms with E-state index in [1.165, 1.54) is 5.56 Å². The number of ether oxygens (including phenoxy) is 2. The molecule has 1 aliphatic heterocycles. The fourth-order valence-electron chi connectivity index (χ4n) is 2.14. The molecule has 1 atom stereocenters. The zero-order valence-electron chi connectivity index (χ0n) is 13.4. The normalized spacial score (nSPS) is 16.8. The molecule has 5 nitrogen and oxygen atoms in total. The summed E-state index contributed by atoms with van der Waals surface area (Å²) >= 11 is 0. The fraction of sp³-hybridized carbons (Fsp3) is 0.562. The summed E-state index contributed by atoms with van der Waals surface area (Å²) in [5, 5.41) is 10.3. The number of alkyl halides is 3. The van der Waals surface area contributed by atoms with Crippen molar-refractivity contribution in [1.82, 2.24) is 5.32 Å². The van der Waals surface area contributed by atoms with Crippen LogP contribution in [0.2, 0.25) is 0 Å². The lowest BCUT2D eigenvalue weighted by Crippen LogP contribution is -2.29. The summed E-state index contributed by atoms with van der Waals surface area (Å²) < 4.78 is 43.3. The van der Waals surface area contributed by atoms with Crippen LogP contribution in [-0.2, 0) is 14.3 Å². The van der Waals surface area contributed by atoms with Crippen LogP contribution in [0.15, 0.2) is 30.3 Å². The van der Waals surface area contributed by atoms with Gasteiger partial charge in [0.25, 0.3) is 0 Å². The third-order valence-corrected chi connectivity index (χ3v) is 3.33. The Morgan fingerprint density at radius 1 is 1.33 bits per heavy atom. The minimum Gasteiger partial charge on any atom is -0.475 e. The minimum atomic E-state index is -5.08. The van der Waals surface area contributed by atoms with Gasteiger partial charge in [-0.1, -0.05) is 30.3 Å². The molecule has 0 radical (unpaired) electrons. The maximum absolute atomic E-state index is 10.6. The Hall–Kier alpha value is -1.64. The zero-order valence-corrected chi connectivity index (χ0v) is 13.4. The van der Waals surface area contributed by atoms with Gasteiger partial charge in [-0.15, -0.1) is 0 Å². The zero-order chi connectivity index (χ0) is 18.0. The highest BCUT2D eigenvalue weighted by molar-refractivity contribution is 5.73. The van der Waals surface area contributed by atoms with Crippen LogP contribution in [0.3, 0.4) is 0 Å². The van der Waals surface area contributed by atoms with Crippen LogP contribution < -0.4 is 5.32 Å². The second kappa shape index (κ2) is 10.3. The molecule has 0 aliphatic carbocycles. The Morgan fingerprint density at radius 2 is 1.88 bits per heavy atom. The molecule has 0 amide bonds. The highest BCUT2D eigenvalue weighted by Gasteiger charge is 2.38. The molecule has 1 aromatic rings. The molecule has 1 saturated heterocycles. The average Bonchev–Trinajstić information content (AvgIpc) is 2.56. The number of hydrogen-bond acceptors (Lipinski definition) is 4. The van der Waals surface area contributed by atoms with E-state index in [-0.39, 0.29) is 6.10 Å². The molecule has 1 aliphatic rings. The topological polar surface area (TPSA) is 67.8 Å². The van der Waals surface area contributed by atoms with Crippen LogP contribution in [0.1, 0.15) is 24.5 Å². The summed E-state index contributed by atoms with van der Waals surface area (Å²) in [6.07, 6.45) is -2.59. The molecule has 0 aromatic heterocycles. The van der Waals surface area contributed by atoms with Crippen molar-refractivity contribution in [2.24, 2.45) is 0 Å². The number of halogens is 3. The maximum atomic E-state index is 10.6. The van der Waals surface area contributed by atoms with Gasteiger partial charge in [0.05, 0.1) is 12.2 Å². The summed E-state index contributed by atoms with van der Waals surface area (Å²) in [6, 6.07) is 10.4. The smallest absolute Gasteiger partial charge is 0.475 e. The number of aliphatic carboxylic acids is 1. The summed E-state index contributed by atoms with van der Waals surface area (Å²) in [5.74, 6) is -2.76. The molecule has 1 fully saturated rings. The number of nitrogens with one attached hydrogen (secondary N) is 1. The standard InChI is InChI=1S/C14H21NO2.C2HF3O2/c1-15-11-14(12-5-3-2-4-6-12)17-13-7-9-16-10-8-13;3-2(4,5)1(6)7/h2-6,13-15H,7-11H2,1H3;(H,6,7). The van der Waals surface area contributed by atoms with Crippen LogP contribution in [0.5, 0.6) is 0 Å². The fourth-order valence-corrected chi connectivity index (χ4v) is 2.14. The van der Waals surface area contributed by atoms with Crippen molar-refractivity contribution in [3.63, 3.8) is 0 Å². The third kappa shape index (κ3) is 7.76. The van der Waals surface area contributed by atoms with Crippen molar-refractivity contribution in [2.75, 3.05) is 26.8 Å². The van der Waals surface area contributed by atoms with Gasteiger partial charge in [0.1, 0.15) is 0 Å². The van der Waals surface area contributed by atoms with E-state index in [0.717, 1.165) is 32.6 Å². The summed E-state index contributed by atoms with van der Waals surface area (Å²) in [6.45, 7) is 2.50. The number of carboxylic acids is 1. The van der Waals surface area contributed by atoms with Crippen LogP contribution >= 0.6 is 0 Å².